The highest BCUT2D eigenvalue weighted by molar-refractivity contribution is 5.94. The van der Waals surface area contributed by atoms with E-state index in [2.05, 4.69) is 0 Å². The van der Waals surface area contributed by atoms with E-state index < -0.39 is 5.97 Å². The van der Waals surface area contributed by atoms with Gasteiger partial charge in [-0.1, -0.05) is 12.1 Å². The monoisotopic (exact) mass is 344 g/mol. The van der Waals surface area contributed by atoms with E-state index in [0.29, 0.717) is 44.5 Å². The number of piperidine rings is 2. The second-order valence-electron chi connectivity index (χ2n) is 6.87. The first-order valence-corrected chi connectivity index (χ1v) is 8.93. The first-order chi connectivity index (χ1) is 12.0. The molecule has 25 heavy (non-hydrogen) atoms. The topological polar surface area (TPSA) is 77.9 Å². The zero-order valence-electron chi connectivity index (χ0n) is 14.3. The van der Waals surface area contributed by atoms with Crippen molar-refractivity contribution >= 4 is 17.8 Å². The Morgan fingerprint density at radius 3 is 2.32 bits per heavy atom. The number of carboxylic acids is 1. The minimum Gasteiger partial charge on any atom is -0.481 e. The summed E-state index contributed by atoms with van der Waals surface area (Å²) in [6, 6.07) is 7.41. The van der Waals surface area contributed by atoms with Gasteiger partial charge in [0.15, 0.2) is 0 Å². The standard InChI is InChI=1S/C19H24N2O4/c22-17-3-1-2-10-21(17)13-14-4-6-15(7-5-14)18(23)20-11-8-16(9-12-20)19(24)25/h4-7,16H,1-3,8-13H2,(H,24,25). The van der Waals surface area contributed by atoms with Crippen LogP contribution in [0.15, 0.2) is 24.3 Å². The number of nitrogens with zero attached hydrogens (tertiary/aromatic N) is 2. The van der Waals surface area contributed by atoms with Crippen molar-refractivity contribution in [1.29, 1.82) is 0 Å². The summed E-state index contributed by atoms with van der Waals surface area (Å²) < 4.78 is 0. The molecule has 2 heterocycles. The lowest BCUT2D eigenvalue weighted by Crippen LogP contribution is -2.40. The summed E-state index contributed by atoms with van der Waals surface area (Å²) in [5, 5.41) is 9.03. The van der Waals surface area contributed by atoms with Gasteiger partial charge in [-0.2, -0.15) is 0 Å². The molecule has 6 heteroatoms. The van der Waals surface area contributed by atoms with Gasteiger partial charge in [0, 0.05) is 38.2 Å². The van der Waals surface area contributed by atoms with Gasteiger partial charge in [0.05, 0.1) is 5.92 Å². The summed E-state index contributed by atoms with van der Waals surface area (Å²) in [5.74, 6) is -0.964. The fraction of sp³-hybridized carbons (Fsp3) is 0.526. The largest absolute Gasteiger partial charge is 0.481 e. The molecule has 2 aliphatic heterocycles. The maximum absolute atomic E-state index is 12.5. The number of rotatable bonds is 4. The Hall–Kier alpha value is -2.37. The zero-order valence-corrected chi connectivity index (χ0v) is 14.3. The summed E-state index contributed by atoms with van der Waals surface area (Å²) in [5.41, 5.74) is 1.64. The summed E-state index contributed by atoms with van der Waals surface area (Å²) in [4.78, 5) is 39.0. The molecule has 6 nitrogen and oxygen atoms in total. The Bertz CT molecular complexity index is 648. The molecule has 1 aromatic rings. The average molecular weight is 344 g/mol. The molecule has 1 N–H and O–H groups in total. The third kappa shape index (κ3) is 4.18. The quantitative estimate of drug-likeness (QED) is 0.908. The summed E-state index contributed by atoms with van der Waals surface area (Å²) >= 11 is 0. The number of aliphatic carboxylic acids is 1. The number of carbonyl (C=O) groups is 3. The molecule has 0 bridgehead atoms. The van der Waals surface area contributed by atoms with E-state index in [-0.39, 0.29) is 17.7 Å². The van der Waals surface area contributed by atoms with Gasteiger partial charge in [-0.05, 0) is 43.4 Å². The number of amides is 2. The predicted molar refractivity (Wildman–Crippen MR) is 92.0 cm³/mol. The summed E-state index contributed by atoms with van der Waals surface area (Å²) in [6.45, 7) is 2.37. The molecule has 0 aromatic heterocycles. The SMILES string of the molecule is O=C(O)C1CCN(C(=O)c2ccc(CN3CCCCC3=O)cc2)CC1. The molecule has 0 atom stereocenters. The molecule has 0 aliphatic carbocycles. The third-order valence-electron chi connectivity index (χ3n) is 5.13. The molecule has 2 amide bonds. The number of carboxylic acid groups (broad SMARTS) is 1. The Morgan fingerprint density at radius 1 is 1.04 bits per heavy atom. The van der Waals surface area contributed by atoms with Crippen molar-refractivity contribution in [2.24, 2.45) is 5.92 Å². The number of hydrogen-bond acceptors (Lipinski definition) is 3. The molecule has 0 spiro atoms. The van der Waals surface area contributed by atoms with Crippen LogP contribution in [0.1, 0.15) is 48.0 Å². The van der Waals surface area contributed by atoms with Gasteiger partial charge in [0.2, 0.25) is 5.91 Å². The van der Waals surface area contributed by atoms with E-state index >= 15 is 0 Å². The minimum absolute atomic E-state index is 0.0514. The van der Waals surface area contributed by atoms with Crippen LogP contribution in [0.2, 0.25) is 0 Å². The van der Waals surface area contributed by atoms with E-state index in [4.69, 9.17) is 5.11 Å². The van der Waals surface area contributed by atoms with Gasteiger partial charge in [0.25, 0.3) is 5.91 Å². The third-order valence-corrected chi connectivity index (χ3v) is 5.13. The number of benzene rings is 1. The maximum atomic E-state index is 12.5. The van der Waals surface area contributed by atoms with Crippen LogP contribution in [0.4, 0.5) is 0 Å². The Balaban J connectivity index is 1.57. The predicted octanol–water partition coefficient (Wildman–Crippen LogP) is 2.14. The lowest BCUT2D eigenvalue weighted by molar-refractivity contribution is -0.143. The maximum Gasteiger partial charge on any atom is 0.306 e. The van der Waals surface area contributed by atoms with Gasteiger partial charge in [-0.25, -0.2) is 0 Å². The van der Waals surface area contributed by atoms with Crippen molar-refractivity contribution in [2.75, 3.05) is 19.6 Å². The van der Waals surface area contributed by atoms with E-state index in [1.807, 2.05) is 17.0 Å². The first kappa shape index (κ1) is 17.5. The summed E-state index contributed by atoms with van der Waals surface area (Å²) in [7, 11) is 0. The van der Waals surface area contributed by atoms with Crippen LogP contribution in [-0.2, 0) is 16.1 Å². The Kier molecular flexibility index (Phi) is 5.36. The van der Waals surface area contributed by atoms with Crippen molar-refractivity contribution in [3.05, 3.63) is 35.4 Å². The highest BCUT2D eigenvalue weighted by Crippen LogP contribution is 2.20. The van der Waals surface area contributed by atoms with E-state index in [1.54, 1.807) is 17.0 Å². The van der Waals surface area contributed by atoms with E-state index in [1.165, 1.54) is 0 Å². The normalized spacial score (nSPS) is 19.1. The van der Waals surface area contributed by atoms with E-state index in [9.17, 15) is 14.4 Å². The van der Waals surface area contributed by atoms with Crippen molar-refractivity contribution < 1.29 is 19.5 Å². The number of hydrogen-bond donors (Lipinski definition) is 1. The molecule has 134 valence electrons. The lowest BCUT2D eigenvalue weighted by Gasteiger charge is -2.30. The van der Waals surface area contributed by atoms with Gasteiger partial charge >= 0.3 is 5.97 Å². The Morgan fingerprint density at radius 2 is 1.72 bits per heavy atom. The van der Waals surface area contributed by atoms with Crippen molar-refractivity contribution in [3.8, 4) is 0 Å². The number of carbonyl (C=O) groups excluding carboxylic acids is 2. The van der Waals surface area contributed by atoms with Crippen LogP contribution in [0.25, 0.3) is 0 Å². The fourth-order valence-electron chi connectivity index (χ4n) is 3.51. The molecular formula is C19H24N2O4. The smallest absolute Gasteiger partial charge is 0.306 e. The van der Waals surface area contributed by atoms with Gasteiger partial charge in [-0.15, -0.1) is 0 Å². The fourth-order valence-corrected chi connectivity index (χ4v) is 3.51. The van der Waals surface area contributed by atoms with Crippen LogP contribution in [0.3, 0.4) is 0 Å². The number of likely N-dealkylation sites (tertiary alicyclic amines) is 2. The van der Waals surface area contributed by atoms with Gasteiger partial charge < -0.3 is 14.9 Å². The Labute approximate surface area is 147 Å². The summed E-state index contributed by atoms with van der Waals surface area (Å²) in [6.07, 6.45) is 3.67. The lowest BCUT2D eigenvalue weighted by atomic mass is 9.96. The van der Waals surface area contributed by atoms with Crippen LogP contribution < -0.4 is 0 Å². The van der Waals surface area contributed by atoms with Crippen LogP contribution in [0, 0.1) is 5.92 Å². The average Bonchev–Trinajstić information content (AvgIpc) is 2.64. The van der Waals surface area contributed by atoms with Crippen molar-refractivity contribution in [3.63, 3.8) is 0 Å². The molecule has 2 saturated heterocycles. The van der Waals surface area contributed by atoms with E-state index in [0.717, 1.165) is 24.9 Å². The molecule has 0 unspecified atom stereocenters. The molecular weight excluding hydrogens is 320 g/mol. The molecule has 3 rings (SSSR count). The molecule has 1 aromatic carbocycles. The van der Waals surface area contributed by atoms with Gasteiger partial charge in [0.1, 0.15) is 0 Å². The van der Waals surface area contributed by atoms with Gasteiger partial charge in [-0.3, -0.25) is 14.4 Å². The second-order valence-corrected chi connectivity index (χ2v) is 6.87. The van der Waals surface area contributed by atoms with Crippen LogP contribution in [-0.4, -0.2) is 52.3 Å². The molecule has 0 saturated carbocycles. The molecule has 2 fully saturated rings. The molecule has 2 aliphatic rings. The van der Waals surface area contributed by atoms with Crippen LogP contribution in [0.5, 0.6) is 0 Å². The highest BCUT2D eigenvalue weighted by atomic mass is 16.4. The minimum atomic E-state index is -0.774. The van der Waals surface area contributed by atoms with Crippen molar-refractivity contribution in [1.82, 2.24) is 9.80 Å². The van der Waals surface area contributed by atoms with Crippen LogP contribution >= 0.6 is 0 Å². The second kappa shape index (κ2) is 7.68. The first-order valence-electron chi connectivity index (χ1n) is 8.93. The van der Waals surface area contributed by atoms with Crippen molar-refractivity contribution in [2.45, 2.75) is 38.6 Å². The molecule has 0 radical (unpaired) electrons. The highest BCUT2D eigenvalue weighted by Gasteiger charge is 2.27. The zero-order chi connectivity index (χ0) is 17.8.